The summed E-state index contributed by atoms with van der Waals surface area (Å²) in [7, 11) is 0. The van der Waals surface area contributed by atoms with E-state index in [1.165, 1.54) is 0 Å². The van der Waals surface area contributed by atoms with Crippen molar-refractivity contribution in [3.05, 3.63) is 82.0 Å². The summed E-state index contributed by atoms with van der Waals surface area (Å²) in [5.74, 6) is -0.519. The number of amides is 2. The normalized spacial score (nSPS) is 18.7. The summed E-state index contributed by atoms with van der Waals surface area (Å²) in [6.07, 6.45) is 0.791. The highest BCUT2D eigenvalue weighted by atomic mass is 32.1. The Kier molecular flexibility index (Phi) is 5.64. The molecule has 30 heavy (non-hydrogen) atoms. The van der Waals surface area contributed by atoms with Gasteiger partial charge in [0.05, 0.1) is 23.6 Å². The van der Waals surface area contributed by atoms with Crippen LogP contribution in [0.2, 0.25) is 0 Å². The molecule has 5 nitrogen and oxygen atoms in total. The fourth-order valence-corrected chi connectivity index (χ4v) is 4.74. The summed E-state index contributed by atoms with van der Waals surface area (Å²) in [4.78, 5) is 29.0. The van der Waals surface area contributed by atoms with E-state index in [2.05, 4.69) is 11.4 Å². The van der Waals surface area contributed by atoms with Gasteiger partial charge in [-0.15, -0.1) is 11.3 Å². The summed E-state index contributed by atoms with van der Waals surface area (Å²) in [6.45, 7) is 2.00. The molecule has 0 bridgehead atoms. The van der Waals surface area contributed by atoms with Gasteiger partial charge in [0.25, 0.3) is 0 Å². The highest BCUT2D eigenvalue weighted by molar-refractivity contribution is 7.10. The van der Waals surface area contributed by atoms with Crippen molar-refractivity contribution in [1.29, 1.82) is 5.26 Å². The molecule has 1 aliphatic heterocycles. The van der Waals surface area contributed by atoms with E-state index in [9.17, 15) is 9.59 Å². The lowest BCUT2D eigenvalue weighted by atomic mass is 9.86. The van der Waals surface area contributed by atoms with Gasteiger partial charge in [-0.05, 0) is 55.1 Å². The number of hydrogen-bond donors (Lipinski definition) is 1. The molecule has 0 saturated carbocycles. The SMILES string of the molecule is Cc1ccc(N2C(=O)CCC(C(=O)Nc3cccc(C#N)c3)C2c2cccs2)cc1. The first-order valence-electron chi connectivity index (χ1n) is 9.80. The van der Waals surface area contributed by atoms with E-state index in [4.69, 9.17) is 5.26 Å². The molecule has 2 unspecified atom stereocenters. The van der Waals surface area contributed by atoms with E-state index in [-0.39, 0.29) is 17.9 Å². The average Bonchev–Trinajstić information content (AvgIpc) is 3.29. The number of hydrogen-bond acceptors (Lipinski definition) is 4. The van der Waals surface area contributed by atoms with Crippen LogP contribution in [0.15, 0.2) is 66.0 Å². The Morgan fingerprint density at radius 2 is 1.97 bits per heavy atom. The molecule has 2 atom stereocenters. The number of aryl methyl sites for hydroxylation is 1. The molecule has 2 heterocycles. The van der Waals surface area contributed by atoms with E-state index < -0.39 is 5.92 Å². The third-order valence-electron chi connectivity index (χ3n) is 5.34. The summed E-state index contributed by atoms with van der Waals surface area (Å²) in [5, 5.41) is 14.0. The number of benzene rings is 2. The summed E-state index contributed by atoms with van der Waals surface area (Å²) < 4.78 is 0. The minimum Gasteiger partial charge on any atom is -0.326 e. The van der Waals surface area contributed by atoms with E-state index in [1.54, 1.807) is 40.5 Å². The second-order valence-corrected chi connectivity index (χ2v) is 8.37. The van der Waals surface area contributed by atoms with Gasteiger partial charge in [0.1, 0.15) is 0 Å². The van der Waals surface area contributed by atoms with E-state index >= 15 is 0 Å². The predicted octanol–water partition coefficient (Wildman–Crippen LogP) is 5.05. The molecule has 1 fully saturated rings. The minimum absolute atomic E-state index is 0.0211. The monoisotopic (exact) mass is 415 g/mol. The van der Waals surface area contributed by atoms with Gasteiger partial charge in [-0.25, -0.2) is 0 Å². The number of anilines is 2. The molecule has 1 saturated heterocycles. The summed E-state index contributed by atoms with van der Waals surface area (Å²) in [6, 6.07) is 20.3. The molecular weight excluding hydrogens is 394 g/mol. The van der Waals surface area contributed by atoms with Crippen LogP contribution in [0.3, 0.4) is 0 Å². The lowest BCUT2D eigenvalue weighted by Gasteiger charge is -2.40. The number of nitriles is 1. The van der Waals surface area contributed by atoms with Crippen LogP contribution in [0.5, 0.6) is 0 Å². The molecule has 2 aromatic carbocycles. The minimum atomic E-state index is -0.395. The summed E-state index contributed by atoms with van der Waals surface area (Å²) >= 11 is 1.55. The Balaban J connectivity index is 1.69. The number of carbonyl (C=O) groups is 2. The topological polar surface area (TPSA) is 73.2 Å². The highest BCUT2D eigenvalue weighted by Crippen LogP contribution is 2.42. The van der Waals surface area contributed by atoms with Gasteiger partial charge in [0, 0.05) is 22.7 Å². The predicted molar refractivity (Wildman–Crippen MR) is 118 cm³/mol. The Morgan fingerprint density at radius 3 is 2.67 bits per heavy atom. The largest absolute Gasteiger partial charge is 0.326 e. The van der Waals surface area contributed by atoms with Crippen molar-refractivity contribution in [3.8, 4) is 6.07 Å². The van der Waals surface area contributed by atoms with E-state index in [0.29, 0.717) is 24.1 Å². The second kappa shape index (κ2) is 8.52. The highest BCUT2D eigenvalue weighted by Gasteiger charge is 2.42. The van der Waals surface area contributed by atoms with Gasteiger partial charge in [0.15, 0.2) is 0 Å². The van der Waals surface area contributed by atoms with Crippen LogP contribution in [0.1, 0.15) is 34.9 Å². The van der Waals surface area contributed by atoms with Crippen molar-refractivity contribution >= 4 is 34.5 Å². The fourth-order valence-electron chi connectivity index (χ4n) is 3.86. The van der Waals surface area contributed by atoms with Crippen molar-refractivity contribution in [1.82, 2.24) is 0 Å². The maximum Gasteiger partial charge on any atom is 0.229 e. The van der Waals surface area contributed by atoms with Gasteiger partial charge < -0.3 is 10.2 Å². The Hall–Kier alpha value is -3.43. The van der Waals surface area contributed by atoms with Gasteiger partial charge in [0.2, 0.25) is 11.8 Å². The van der Waals surface area contributed by atoms with Gasteiger partial charge >= 0.3 is 0 Å². The molecule has 150 valence electrons. The van der Waals surface area contributed by atoms with Crippen LogP contribution in [0.4, 0.5) is 11.4 Å². The molecule has 1 aromatic heterocycles. The van der Waals surface area contributed by atoms with Crippen LogP contribution in [-0.4, -0.2) is 11.8 Å². The Morgan fingerprint density at radius 1 is 1.17 bits per heavy atom. The van der Waals surface area contributed by atoms with Crippen LogP contribution in [0.25, 0.3) is 0 Å². The molecular formula is C24H21N3O2S. The van der Waals surface area contributed by atoms with Crippen LogP contribution in [0, 0.1) is 24.2 Å². The van der Waals surface area contributed by atoms with E-state index in [0.717, 1.165) is 16.1 Å². The Bertz CT molecular complexity index is 1100. The van der Waals surface area contributed by atoms with Crippen molar-refractivity contribution in [2.24, 2.45) is 5.92 Å². The number of rotatable bonds is 4. The number of thiophene rings is 1. The first-order chi connectivity index (χ1) is 14.6. The molecule has 1 N–H and O–H groups in total. The smallest absolute Gasteiger partial charge is 0.229 e. The van der Waals surface area contributed by atoms with Crippen molar-refractivity contribution in [2.75, 3.05) is 10.2 Å². The third kappa shape index (κ3) is 3.98. The lowest BCUT2D eigenvalue weighted by molar-refractivity contribution is -0.125. The van der Waals surface area contributed by atoms with E-state index in [1.807, 2.05) is 48.7 Å². The van der Waals surface area contributed by atoms with Gasteiger partial charge in [-0.2, -0.15) is 5.26 Å². The molecule has 2 amide bonds. The zero-order valence-corrected chi connectivity index (χ0v) is 17.4. The number of nitrogens with zero attached hydrogens (tertiary/aromatic N) is 2. The maximum absolute atomic E-state index is 13.3. The van der Waals surface area contributed by atoms with Gasteiger partial charge in [-0.3, -0.25) is 9.59 Å². The standard InChI is InChI=1S/C24H21N3O2S/c1-16-7-9-19(10-8-16)27-22(28)12-11-20(23(27)21-6-3-13-30-21)24(29)26-18-5-2-4-17(14-18)15-25/h2-10,13-14,20,23H,11-12H2,1H3,(H,26,29). The lowest BCUT2D eigenvalue weighted by Crippen LogP contribution is -2.46. The molecule has 0 radical (unpaired) electrons. The molecule has 4 rings (SSSR count). The maximum atomic E-state index is 13.3. The molecule has 6 heteroatoms. The third-order valence-corrected chi connectivity index (χ3v) is 6.28. The summed E-state index contributed by atoms with van der Waals surface area (Å²) in [5.41, 5.74) is 2.99. The molecule has 0 aliphatic carbocycles. The van der Waals surface area contributed by atoms with Crippen molar-refractivity contribution < 1.29 is 9.59 Å². The fraction of sp³-hybridized carbons (Fsp3) is 0.208. The second-order valence-electron chi connectivity index (χ2n) is 7.39. The number of carbonyl (C=O) groups excluding carboxylic acids is 2. The average molecular weight is 416 g/mol. The van der Waals surface area contributed by atoms with Gasteiger partial charge in [-0.1, -0.05) is 29.8 Å². The molecule has 3 aromatic rings. The van der Waals surface area contributed by atoms with Crippen molar-refractivity contribution in [3.63, 3.8) is 0 Å². The zero-order valence-electron chi connectivity index (χ0n) is 16.5. The quantitative estimate of drug-likeness (QED) is 0.648. The first-order valence-corrected chi connectivity index (χ1v) is 10.7. The number of nitrogens with one attached hydrogen (secondary N) is 1. The number of piperidine rings is 1. The van der Waals surface area contributed by atoms with Crippen LogP contribution in [-0.2, 0) is 9.59 Å². The van der Waals surface area contributed by atoms with Crippen LogP contribution < -0.4 is 10.2 Å². The van der Waals surface area contributed by atoms with Crippen molar-refractivity contribution in [2.45, 2.75) is 25.8 Å². The molecule has 0 spiro atoms. The Labute approximate surface area is 179 Å². The zero-order chi connectivity index (χ0) is 21.1. The van der Waals surface area contributed by atoms with Crippen LogP contribution >= 0.6 is 11.3 Å². The molecule has 1 aliphatic rings. The first kappa shape index (κ1) is 19.9.